The van der Waals surface area contributed by atoms with E-state index in [0.29, 0.717) is 13.2 Å². The summed E-state index contributed by atoms with van der Waals surface area (Å²) in [6, 6.07) is 10.1. The van der Waals surface area contributed by atoms with Crippen LogP contribution in [0.3, 0.4) is 0 Å². The van der Waals surface area contributed by atoms with Crippen molar-refractivity contribution in [3.63, 3.8) is 0 Å². The zero-order chi connectivity index (χ0) is 11.9. The van der Waals surface area contributed by atoms with Crippen LogP contribution in [0.5, 0.6) is 0 Å². The molecule has 0 saturated carbocycles. The number of benzene rings is 1. The van der Waals surface area contributed by atoms with E-state index in [-0.39, 0.29) is 12.0 Å². The van der Waals surface area contributed by atoms with Crippen LogP contribution in [0.4, 0.5) is 0 Å². The Labute approximate surface area is 108 Å². The minimum Gasteiger partial charge on any atom is -0.395 e. The average molecular weight is 294 g/mol. The number of para-hydroxylation sites is 1. The van der Waals surface area contributed by atoms with Crippen LogP contribution in [0.15, 0.2) is 34.9 Å². The number of ether oxygens (including phenoxy) is 1. The van der Waals surface area contributed by atoms with Gasteiger partial charge in [-0.3, -0.25) is 0 Å². The number of hydrogen-bond donors (Lipinski definition) is 1. The lowest BCUT2D eigenvalue weighted by Gasteiger charge is -2.40. The fraction of sp³-hybridized carbons (Fsp3) is 0.308. The molecule has 1 aromatic carbocycles. The van der Waals surface area contributed by atoms with Crippen LogP contribution >= 0.6 is 15.9 Å². The van der Waals surface area contributed by atoms with Gasteiger partial charge in [-0.1, -0.05) is 18.2 Å². The van der Waals surface area contributed by atoms with Crippen LogP contribution in [0, 0.1) is 0 Å². The Bertz CT molecular complexity index is 561. The number of hydrogen-bond acceptors (Lipinski definition) is 3. The summed E-state index contributed by atoms with van der Waals surface area (Å²) in [6.07, 6.45) is 0. The lowest BCUT2D eigenvalue weighted by molar-refractivity contribution is -0.0846. The number of aromatic nitrogens is 1. The maximum Gasteiger partial charge on any atom is 0.110 e. The van der Waals surface area contributed by atoms with Crippen molar-refractivity contribution >= 4 is 26.8 Å². The molecule has 1 aromatic heterocycles. The summed E-state index contributed by atoms with van der Waals surface area (Å²) in [5.41, 5.74) is 1.71. The molecule has 0 spiro atoms. The number of aliphatic hydroxyl groups excluding tert-OH is 1. The van der Waals surface area contributed by atoms with Gasteiger partial charge in [0, 0.05) is 5.39 Å². The highest BCUT2D eigenvalue weighted by Crippen LogP contribution is 2.37. The van der Waals surface area contributed by atoms with E-state index in [1.807, 2.05) is 24.3 Å². The van der Waals surface area contributed by atoms with Crippen molar-refractivity contribution in [2.75, 3.05) is 19.8 Å². The summed E-state index contributed by atoms with van der Waals surface area (Å²) in [5.74, 6) is 0. The largest absolute Gasteiger partial charge is 0.395 e. The summed E-state index contributed by atoms with van der Waals surface area (Å²) < 4.78 is 6.04. The van der Waals surface area contributed by atoms with Gasteiger partial charge in [-0.05, 0) is 33.6 Å². The molecule has 3 nitrogen and oxygen atoms in total. The first-order valence-corrected chi connectivity index (χ1v) is 6.29. The molecule has 0 bridgehead atoms. The van der Waals surface area contributed by atoms with E-state index >= 15 is 0 Å². The molecule has 2 aromatic rings. The third-order valence-corrected chi connectivity index (χ3v) is 3.91. The van der Waals surface area contributed by atoms with Crippen LogP contribution in [0.25, 0.3) is 10.9 Å². The Hall–Kier alpha value is -0.970. The summed E-state index contributed by atoms with van der Waals surface area (Å²) in [5, 5.41) is 10.6. The van der Waals surface area contributed by atoms with Crippen molar-refractivity contribution in [2.45, 2.75) is 5.41 Å². The first kappa shape index (κ1) is 11.1. The molecule has 0 atom stereocenters. The van der Waals surface area contributed by atoms with Gasteiger partial charge in [0.25, 0.3) is 0 Å². The summed E-state index contributed by atoms with van der Waals surface area (Å²) >= 11 is 3.49. The zero-order valence-corrected chi connectivity index (χ0v) is 10.8. The van der Waals surface area contributed by atoms with Gasteiger partial charge in [-0.25, -0.2) is 4.98 Å². The maximum absolute atomic E-state index is 9.56. The van der Waals surface area contributed by atoms with Gasteiger partial charge >= 0.3 is 0 Å². The number of nitrogens with zero attached hydrogens (tertiary/aromatic N) is 1. The minimum atomic E-state index is -0.282. The van der Waals surface area contributed by atoms with Crippen LogP contribution in [0.1, 0.15) is 5.56 Å². The highest BCUT2D eigenvalue weighted by atomic mass is 79.9. The molecule has 1 aliphatic rings. The predicted octanol–water partition coefficient (Wildman–Crippen LogP) is 2.26. The smallest absolute Gasteiger partial charge is 0.110 e. The van der Waals surface area contributed by atoms with Gasteiger partial charge in [-0.15, -0.1) is 0 Å². The quantitative estimate of drug-likeness (QED) is 0.864. The number of halogens is 1. The summed E-state index contributed by atoms with van der Waals surface area (Å²) in [6.45, 7) is 1.20. The second kappa shape index (κ2) is 4.05. The lowest BCUT2D eigenvalue weighted by atomic mass is 9.80. The van der Waals surface area contributed by atoms with Gasteiger partial charge in [-0.2, -0.15) is 0 Å². The molecule has 2 heterocycles. The number of rotatable bonds is 2. The zero-order valence-electron chi connectivity index (χ0n) is 9.19. The molecular formula is C13H12BrNO2. The lowest BCUT2D eigenvalue weighted by Crippen LogP contribution is -2.50. The van der Waals surface area contributed by atoms with Crippen LogP contribution in [-0.4, -0.2) is 29.9 Å². The molecule has 1 saturated heterocycles. The number of fused-ring (bicyclic) bond motifs is 1. The molecule has 88 valence electrons. The third-order valence-electron chi connectivity index (χ3n) is 3.31. The van der Waals surface area contributed by atoms with E-state index in [1.54, 1.807) is 0 Å². The molecule has 0 radical (unpaired) electrons. The number of aliphatic hydroxyl groups is 1. The van der Waals surface area contributed by atoms with Crippen molar-refractivity contribution in [3.8, 4) is 0 Å². The monoisotopic (exact) mass is 293 g/mol. The van der Waals surface area contributed by atoms with Crippen LogP contribution in [-0.2, 0) is 10.2 Å². The Morgan fingerprint density at radius 2 is 2.12 bits per heavy atom. The standard InChI is InChI=1S/C13H12BrNO2/c14-12-10(13(6-16)7-17-8-13)5-9-3-1-2-4-11(9)15-12/h1-5,16H,6-8H2. The SMILES string of the molecule is OCC1(c2cc3ccccc3nc2Br)COC1. The Morgan fingerprint density at radius 1 is 1.35 bits per heavy atom. The molecular weight excluding hydrogens is 282 g/mol. The normalized spacial score (nSPS) is 18.0. The highest BCUT2D eigenvalue weighted by Gasteiger charge is 2.41. The van der Waals surface area contributed by atoms with Crippen molar-refractivity contribution < 1.29 is 9.84 Å². The van der Waals surface area contributed by atoms with E-state index in [0.717, 1.165) is 21.1 Å². The first-order chi connectivity index (χ1) is 8.25. The van der Waals surface area contributed by atoms with Gasteiger partial charge in [0.1, 0.15) is 4.60 Å². The molecule has 1 aliphatic heterocycles. The van der Waals surface area contributed by atoms with E-state index in [4.69, 9.17) is 4.74 Å². The van der Waals surface area contributed by atoms with Gasteiger partial charge in [0.2, 0.25) is 0 Å². The summed E-state index contributed by atoms with van der Waals surface area (Å²) in [4.78, 5) is 4.52. The minimum absolute atomic E-state index is 0.0889. The van der Waals surface area contributed by atoms with Gasteiger partial charge < -0.3 is 9.84 Å². The first-order valence-electron chi connectivity index (χ1n) is 5.50. The van der Waals surface area contributed by atoms with E-state index in [9.17, 15) is 5.11 Å². The van der Waals surface area contributed by atoms with E-state index in [2.05, 4.69) is 27.0 Å². The second-order valence-corrected chi connectivity index (χ2v) is 5.20. The number of pyridine rings is 1. The third kappa shape index (κ3) is 1.68. The van der Waals surface area contributed by atoms with Crippen molar-refractivity contribution in [2.24, 2.45) is 0 Å². The van der Waals surface area contributed by atoms with Gasteiger partial charge in [0.05, 0.1) is 30.8 Å². The van der Waals surface area contributed by atoms with Crippen molar-refractivity contribution in [1.82, 2.24) is 4.98 Å². The van der Waals surface area contributed by atoms with Crippen molar-refractivity contribution in [1.29, 1.82) is 0 Å². The van der Waals surface area contributed by atoms with E-state index < -0.39 is 0 Å². The van der Waals surface area contributed by atoms with E-state index in [1.165, 1.54) is 0 Å². The molecule has 4 heteroatoms. The fourth-order valence-corrected chi connectivity index (χ4v) is 2.87. The van der Waals surface area contributed by atoms with Crippen molar-refractivity contribution in [3.05, 3.63) is 40.5 Å². The molecule has 0 unspecified atom stereocenters. The Balaban J connectivity index is 2.19. The molecule has 0 aliphatic carbocycles. The van der Waals surface area contributed by atoms with Crippen LogP contribution < -0.4 is 0 Å². The molecule has 1 fully saturated rings. The fourth-order valence-electron chi connectivity index (χ4n) is 2.14. The second-order valence-electron chi connectivity index (χ2n) is 4.45. The highest BCUT2D eigenvalue weighted by molar-refractivity contribution is 9.10. The van der Waals surface area contributed by atoms with Gasteiger partial charge in [0.15, 0.2) is 0 Å². The summed E-state index contributed by atoms with van der Waals surface area (Å²) in [7, 11) is 0. The Kier molecular flexibility index (Phi) is 2.65. The predicted molar refractivity (Wildman–Crippen MR) is 69.0 cm³/mol. The Morgan fingerprint density at radius 3 is 2.76 bits per heavy atom. The molecule has 3 rings (SSSR count). The topological polar surface area (TPSA) is 42.4 Å². The average Bonchev–Trinajstić information content (AvgIpc) is 2.29. The molecule has 1 N–H and O–H groups in total. The molecule has 0 amide bonds. The maximum atomic E-state index is 9.56. The molecule has 17 heavy (non-hydrogen) atoms. The van der Waals surface area contributed by atoms with Crippen LogP contribution in [0.2, 0.25) is 0 Å².